The molecule has 0 spiro atoms. The van der Waals surface area contributed by atoms with Crippen LogP contribution in [-0.2, 0) is 15.3 Å². The summed E-state index contributed by atoms with van der Waals surface area (Å²) >= 11 is 0. The summed E-state index contributed by atoms with van der Waals surface area (Å²) in [6.45, 7) is 5.10. The maximum Gasteiger partial charge on any atom is 0.339 e. The van der Waals surface area contributed by atoms with E-state index < -0.39 is 23.1 Å². The molecule has 6 heteroatoms. The van der Waals surface area contributed by atoms with Crippen LogP contribution in [0.25, 0.3) is 0 Å². The lowest BCUT2D eigenvalue weighted by Crippen LogP contribution is -2.56. The predicted octanol–water partition coefficient (Wildman–Crippen LogP) is 0.978. The van der Waals surface area contributed by atoms with Crippen molar-refractivity contribution in [3.8, 4) is 0 Å². The minimum absolute atomic E-state index is 0.186. The lowest BCUT2D eigenvalue weighted by molar-refractivity contribution is -0.151. The lowest BCUT2D eigenvalue weighted by atomic mass is 9.85. The summed E-state index contributed by atoms with van der Waals surface area (Å²) in [5.74, 6) is -1.51. The number of hydrogen-bond donors (Lipinski definition) is 3. The van der Waals surface area contributed by atoms with Gasteiger partial charge in [-0.15, -0.1) is 0 Å². The molecule has 1 aromatic carbocycles. The molecule has 1 aliphatic heterocycles. The van der Waals surface area contributed by atoms with E-state index in [-0.39, 0.29) is 28.5 Å². The number of carbonyl (C=O) groups is 2. The third kappa shape index (κ3) is 1.82. The molecular weight excluding hydrogens is 298 g/mol. The van der Waals surface area contributed by atoms with Gasteiger partial charge in [0.15, 0.2) is 0 Å². The van der Waals surface area contributed by atoms with Crippen LogP contribution in [-0.4, -0.2) is 33.7 Å². The highest BCUT2D eigenvalue weighted by Gasteiger charge is 2.70. The molecule has 1 aliphatic carbocycles. The Morgan fingerprint density at radius 3 is 2.65 bits per heavy atom. The molecule has 23 heavy (non-hydrogen) atoms. The van der Waals surface area contributed by atoms with E-state index in [0.717, 1.165) is 0 Å². The highest BCUT2D eigenvalue weighted by molar-refractivity contribution is 6.16. The largest absolute Gasteiger partial charge is 0.459 e. The molecule has 3 atom stereocenters. The van der Waals surface area contributed by atoms with Crippen molar-refractivity contribution in [3.63, 3.8) is 0 Å². The number of rotatable bonds is 3. The SMILES string of the molecule is CC[C@H](C)OC(=O)C1=C(C)N[C@]2(O)c3ccccc3C(=O)[C@]12O. The van der Waals surface area contributed by atoms with Gasteiger partial charge in [-0.1, -0.05) is 31.2 Å². The molecule has 0 fully saturated rings. The molecule has 0 bridgehead atoms. The van der Waals surface area contributed by atoms with Crippen molar-refractivity contribution in [2.45, 2.75) is 44.6 Å². The Kier molecular flexibility index (Phi) is 3.35. The minimum atomic E-state index is -2.38. The van der Waals surface area contributed by atoms with Crippen molar-refractivity contribution in [2.24, 2.45) is 0 Å². The van der Waals surface area contributed by atoms with E-state index in [0.29, 0.717) is 6.42 Å². The van der Waals surface area contributed by atoms with Gasteiger partial charge in [-0.05, 0) is 20.3 Å². The summed E-state index contributed by atoms with van der Waals surface area (Å²) in [4.78, 5) is 25.2. The highest BCUT2D eigenvalue weighted by Crippen LogP contribution is 2.51. The standard InChI is InChI=1S/C17H19NO5/c1-4-9(2)23-15(20)13-10(3)18-17(22)12-8-6-5-7-11(12)14(19)16(13,17)21/h5-9,18,21-22H,4H2,1-3H3/t9-,16+,17-/m0/s1. The first-order valence-electron chi connectivity index (χ1n) is 7.57. The molecule has 0 saturated heterocycles. The van der Waals surface area contributed by atoms with Crippen LogP contribution in [0, 0.1) is 0 Å². The molecule has 122 valence electrons. The van der Waals surface area contributed by atoms with E-state index in [1.54, 1.807) is 25.1 Å². The zero-order valence-corrected chi connectivity index (χ0v) is 13.2. The maximum atomic E-state index is 12.7. The number of Topliss-reactive ketones (excluding diaryl/α,β-unsaturated/α-hetero) is 1. The topological polar surface area (TPSA) is 95.9 Å². The second-order valence-electron chi connectivity index (χ2n) is 6.04. The molecule has 0 unspecified atom stereocenters. The monoisotopic (exact) mass is 317 g/mol. The normalized spacial score (nSPS) is 29.9. The number of fused-ring (bicyclic) bond motifs is 3. The first-order valence-corrected chi connectivity index (χ1v) is 7.57. The Morgan fingerprint density at radius 1 is 1.35 bits per heavy atom. The van der Waals surface area contributed by atoms with Crippen molar-refractivity contribution in [1.29, 1.82) is 0 Å². The summed E-state index contributed by atoms with van der Waals surface area (Å²) in [6.07, 6.45) is 0.238. The summed E-state index contributed by atoms with van der Waals surface area (Å²) in [6, 6.07) is 6.36. The Balaban J connectivity index is 2.11. The van der Waals surface area contributed by atoms with Gasteiger partial charge in [0.1, 0.15) is 5.57 Å². The molecule has 1 aromatic rings. The molecular formula is C17H19NO5. The van der Waals surface area contributed by atoms with Gasteiger partial charge in [0.25, 0.3) is 0 Å². The summed E-state index contributed by atoms with van der Waals surface area (Å²) < 4.78 is 5.26. The van der Waals surface area contributed by atoms with Gasteiger partial charge in [-0.2, -0.15) is 0 Å². The third-order valence-electron chi connectivity index (χ3n) is 4.61. The summed E-state index contributed by atoms with van der Waals surface area (Å²) in [5.41, 5.74) is -4.02. The van der Waals surface area contributed by atoms with Crippen LogP contribution in [0.2, 0.25) is 0 Å². The molecule has 3 rings (SSSR count). The van der Waals surface area contributed by atoms with Crippen molar-refractivity contribution in [1.82, 2.24) is 5.32 Å². The van der Waals surface area contributed by atoms with Gasteiger partial charge in [-0.25, -0.2) is 4.79 Å². The fourth-order valence-electron chi connectivity index (χ4n) is 3.23. The van der Waals surface area contributed by atoms with Crippen LogP contribution in [0.4, 0.5) is 0 Å². The molecule has 3 N–H and O–H groups in total. The van der Waals surface area contributed by atoms with Crippen LogP contribution >= 0.6 is 0 Å². The van der Waals surface area contributed by atoms with Gasteiger partial charge in [0.2, 0.25) is 17.1 Å². The van der Waals surface area contributed by atoms with E-state index in [1.807, 2.05) is 6.92 Å². The van der Waals surface area contributed by atoms with Crippen LogP contribution in [0.3, 0.4) is 0 Å². The molecule has 1 heterocycles. The van der Waals surface area contributed by atoms with Gasteiger partial charge < -0.3 is 20.3 Å². The Morgan fingerprint density at radius 2 is 2.00 bits per heavy atom. The molecule has 6 nitrogen and oxygen atoms in total. The van der Waals surface area contributed by atoms with Gasteiger partial charge in [0, 0.05) is 16.8 Å². The quantitative estimate of drug-likeness (QED) is 0.719. The average Bonchev–Trinajstić information content (AvgIpc) is 2.82. The maximum absolute atomic E-state index is 12.7. The first kappa shape index (κ1) is 15.7. The lowest BCUT2D eigenvalue weighted by Gasteiger charge is -2.32. The van der Waals surface area contributed by atoms with Gasteiger partial charge >= 0.3 is 5.97 Å². The molecule has 0 saturated carbocycles. The fraction of sp³-hybridized carbons (Fsp3) is 0.412. The number of nitrogens with one attached hydrogen (secondary N) is 1. The number of hydrogen-bond acceptors (Lipinski definition) is 6. The smallest absolute Gasteiger partial charge is 0.339 e. The number of esters is 1. The molecule has 0 aromatic heterocycles. The number of ether oxygens (including phenoxy) is 1. The van der Waals surface area contributed by atoms with Crippen LogP contribution in [0.5, 0.6) is 0 Å². The number of allylic oxidation sites excluding steroid dienone is 1. The van der Waals surface area contributed by atoms with Crippen LogP contribution in [0.1, 0.15) is 43.1 Å². The van der Waals surface area contributed by atoms with Crippen molar-refractivity contribution in [2.75, 3.05) is 0 Å². The zero-order chi connectivity index (χ0) is 17.0. The van der Waals surface area contributed by atoms with Gasteiger partial charge in [-0.3, -0.25) is 4.79 Å². The van der Waals surface area contributed by atoms with Crippen molar-refractivity contribution < 1.29 is 24.5 Å². The number of carbonyl (C=O) groups excluding carboxylic acids is 2. The van der Waals surface area contributed by atoms with E-state index in [9.17, 15) is 19.8 Å². The second kappa shape index (κ2) is 4.91. The molecule has 0 amide bonds. The fourth-order valence-corrected chi connectivity index (χ4v) is 3.23. The third-order valence-corrected chi connectivity index (χ3v) is 4.61. The Labute approximate surface area is 133 Å². The van der Waals surface area contributed by atoms with Crippen LogP contribution < -0.4 is 5.32 Å². The van der Waals surface area contributed by atoms with Crippen LogP contribution in [0.15, 0.2) is 35.5 Å². The first-order chi connectivity index (χ1) is 10.8. The molecule has 0 radical (unpaired) electrons. The molecule has 2 aliphatic rings. The van der Waals surface area contributed by atoms with Crippen molar-refractivity contribution in [3.05, 3.63) is 46.7 Å². The highest BCUT2D eigenvalue weighted by atomic mass is 16.5. The number of ketones is 1. The van der Waals surface area contributed by atoms with E-state index in [1.165, 1.54) is 13.0 Å². The second-order valence-corrected chi connectivity index (χ2v) is 6.04. The van der Waals surface area contributed by atoms with Crippen molar-refractivity contribution >= 4 is 11.8 Å². The number of aliphatic hydroxyl groups is 2. The van der Waals surface area contributed by atoms with Gasteiger partial charge in [0.05, 0.1) is 6.10 Å². The average molecular weight is 317 g/mol. The van der Waals surface area contributed by atoms with E-state index in [2.05, 4.69) is 5.32 Å². The summed E-state index contributed by atoms with van der Waals surface area (Å²) in [5, 5.41) is 24.7. The van der Waals surface area contributed by atoms with E-state index in [4.69, 9.17) is 4.74 Å². The Bertz CT molecular complexity index is 740. The predicted molar refractivity (Wildman–Crippen MR) is 81.3 cm³/mol. The minimum Gasteiger partial charge on any atom is -0.459 e. The number of benzene rings is 1. The Hall–Kier alpha value is -2.18. The summed E-state index contributed by atoms with van der Waals surface area (Å²) in [7, 11) is 0. The zero-order valence-electron chi connectivity index (χ0n) is 13.2. The van der Waals surface area contributed by atoms with E-state index >= 15 is 0 Å².